The maximum atomic E-state index is 12.2. The zero-order valence-electron chi connectivity index (χ0n) is 10.1. The van der Waals surface area contributed by atoms with Crippen LogP contribution in [0.3, 0.4) is 0 Å². The zero-order valence-corrected chi connectivity index (χ0v) is 11.6. The minimum absolute atomic E-state index is 0.0805. The molecule has 0 spiro atoms. The Kier molecular flexibility index (Phi) is 3.68. The van der Waals surface area contributed by atoms with Crippen molar-refractivity contribution in [1.82, 2.24) is 14.8 Å². The van der Waals surface area contributed by atoms with E-state index in [1.165, 1.54) is 17.5 Å². The lowest BCUT2D eigenvalue weighted by Gasteiger charge is -2.09. The number of carbonyl (C=O) groups is 1. The van der Waals surface area contributed by atoms with Crippen molar-refractivity contribution >= 4 is 33.9 Å². The molecule has 2 aromatic rings. The van der Waals surface area contributed by atoms with Gasteiger partial charge in [0.1, 0.15) is 5.69 Å². The summed E-state index contributed by atoms with van der Waals surface area (Å²) >= 11 is 7.33. The summed E-state index contributed by atoms with van der Waals surface area (Å²) in [6.07, 6.45) is 1.68. The maximum Gasteiger partial charge on any atom is 0.188 e. The smallest absolute Gasteiger partial charge is 0.188 e. The van der Waals surface area contributed by atoms with Gasteiger partial charge in [-0.15, -0.1) is 11.3 Å². The number of hydrogen-bond acceptors (Lipinski definition) is 5. The van der Waals surface area contributed by atoms with E-state index in [2.05, 4.69) is 10.1 Å². The number of ketones is 1. The number of Topliss-reactive ketones (excluding diaryl/α,β-unsaturated/α-hetero) is 1. The number of thiazole rings is 1. The normalized spacial score (nSPS) is 11.1. The van der Waals surface area contributed by atoms with Gasteiger partial charge in [-0.3, -0.25) is 9.48 Å². The first-order valence-electron chi connectivity index (χ1n) is 5.45. The van der Waals surface area contributed by atoms with Crippen molar-refractivity contribution in [3.8, 4) is 0 Å². The quantitative estimate of drug-likeness (QED) is 0.876. The number of anilines is 1. The van der Waals surface area contributed by atoms with Crippen LogP contribution in [0.4, 0.5) is 5.13 Å². The maximum absolute atomic E-state index is 12.2. The van der Waals surface area contributed by atoms with Crippen LogP contribution in [0.1, 0.15) is 36.1 Å². The number of nitrogens with zero attached hydrogens (tertiary/aromatic N) is 3. The monoisotopic (exact) mass is 284 g/mol. The highest BCUT2D eigenvalue weighted by Crippen LogP contribution is 2.21. The van der Waals surface area contributed by atoms with Gasteiger partial charge >= 0.3 is 0 Å². The molecule has 18 heavy (non-hydrogen) atoms. The summed E-state index contributed by atoms with van der Waals surface area (Å²) in [4.78, 5) is 16.3. The second-order valence-corrected chi connectivity index (χ2v) is 5.45. The van der Waals surface area contributed by atoms with Crippen LogP contribution in [0.2, 0.25) is 5.02 Å². The number of nitrogens with two attached hydrogens (primary N) is 1. The molecule has 5 nitrogen and oxygen atoms in total. The average molecular weight is 285 g/mol. The molecule has 7 heteroatoms. The van der Waals surface area contributed by atoms with Crippen molar-refractivity contribution in [2.45, 2.75) is 26.3 Å². The van der Waals surface area contributed by atoms with Gasteiger partial charge in [-0.1, -0.05) is 11.6 Å². The Bertz CT molecular complexity index is 575. The van der Waals surface area contributed by atoms with Crippen LogP contribution in [0.15, 0.2) is 11.6 Å². The van der Waals surface area contributed by atoms with Crippen LogP contribution in [0.5, 0.6) is 0 Å². The zero-order chi connectivity index (χ0) is 13.3. The number of carbonyl (C=O) groups excluding carboxylic acids is 1. The van der Waals surface area contributed by atoms with Gasteiger partial charge in [-0.2, -0.15) is 5.10 Å². The fourth-order valence-corrected chi connectivity index (χ4v) is 2.44. The highest BCUT2D eigenvalue weighted by molar-refractivity contribution is 7.13. The molecule has 0 unspecified atom stereocenters. The Hall–Kier alpha value is -1.40. The van der Waals surface area contributed by atoms with Crippen LogP contribution < -0.4 is 5.73 Å². The van der Waals surface area contributed by atoms with Crippen molar-refractivity contribution in [3.05, 3.63) is 28.0 Å². The molecule has 2 rings (SSSR count). The molecule has 0 aliphatic heterocycles. The molecular weight excluding hydrogens is 272 g/mol. The van der Waals surface area contributed by atoms with E-state index in [0.29, 0.717) is 21.5 Å². The first-order chi connectivity index (χ1) is 8.49. The minimum Gasteiger partial charge on any atom is -0.375 e. The first kappa shape index (κ1) is 13.0. The minimum atomic E-state index is -0.100. The third kappa shape index (κ3) is 2.54. The summed E-state index contributed by atoms with van der Waals surface area (Å²) in [5.41, 5.74) is 6.62. The molecular formula is C11H13ClN4OS. The van der Waals surface area contributed by atoms with Gasteiger partial charge in [0.25, 0.3) is 0 Å². The molecule has 0 aliphatic rings. The molecule has 0 atom stereocenters. The number of hydrogen-bond donors (Lipinski definition) is 1. The molecule has 2 N–H and O–H groups in total. The molecule has 0 aliphatic carbocycles. The van der Waals surface area contributed by atoms with E-state index in [0.717, 1.165) is 0 Å². The van der Waals surface area contributed by atoms with Gasteiger partial charge in [0.15, 0.2) is 10.9 Å². The number of rotatable bonds is 4. The third-order valence-corrected chi connectivity index (χ3v) is 3.41. The van der Waals surface area contributed by atoms with E-state index >= 15 is 0 Å². The molecule has 0 radical (unpaired) electrons. The fourth-order valence-electron chi connectivity index (χ4n) is 1.65. The lowest BCUT2D eigenvalue weighted by atomic mass is 10.1. The second-order valence-electron chi connectivity index (χ2n) is 4.16. The number of aromatic nitrogens is 3. The predicted molar refractivity (Wildman–Crippen MR) is 72.2 cm³/mol. The fraction of sp³-hybridized carbons (Fsp3) is 0.364. The summed E-state index contributed by atoms with van der Waals surface area (Å²) < 4.78 is 1.63. The van der Waals surface area contributed by atoms with Gasteiger partial charge in [0, 0.05) is 11.4 Å². The average Bonchev–Trinajstić information content (AvgIpc) is 2.85. The summed E-state index contributed by atoms with van der Waals surface area (Å²) in [7, 11) is 0. The van der Waals surface area contributed by atoms with Gasteiger partial charge < -0.3 is 5.73 Å². The van der Waals surface area contributed by atoms with Crippen LogP contribution in [0.25, 0.3) is 0 Å². The standard InChI is InChI=1S/C11H13ClN4OS/c1-6(2)16-10(8(12)4-14-16)9(17)3-7-5-18-11(13)15-7/h4-6H,3H2,1-2H3,(H2,13,15). The van der Waals surface area contributed by atoms with E-state index < -0.39 is 0 Å². The van der Waals surface area contributed by atoms with E-state index in [4.69, 9.17) is 17.3 Å². The van der Waals surface area contributed by atoms with Crippen molar-refractivity contribution in [1.29, 1.82) is 0 Å². The van der Waals surface area contributed by atoms with E-state index in [9.17, 15) is 4.79 Å². The van der Waals surface area contributed by atoms with Crippen molar-refractivity contribution in [2.75, 3.05) is 5.73 Å². The van der Waals surface area contributed by atoms with Gasteiger partial charge in [-0.25, -0.2) is 4.98 Å². The van der Waals surface area contributed by atoms with E-state index in [1.54, 1.807) is 10.1 Å². The predicted octanol–water partition coefficient (Wildman–Crippen LogP) is 2.58. The molecule has 2 aromatic heterocycles. The molecule has 0 saturated carbocycles. The van der Waals surface area contributed by atoms with Crippen LogP contribution in [-0.4, -0.2) is 20.5 Å². The third-order valence-electron chi connectivity index (χ3n) is 2.42. The van der Waals surface area contributed by atoms with Crippen LogP contribution >= 0.6 is 22.9 Å². The molecule has 0 saturated heterocycles. The largest absolute Gasteiger partial charge is 0.375 e. The van der Waals surface area contributed by atoms with Crippen molar-refractivity contribution in [2.24, 2.45) is 0 Å². The lowest BCUT2D eigenvalue weighted by molar-refractivity contribution is 0.0980. The Morgan fingerprint density at radius 1 is 1.61 bits per heavy atom. The Labute approximate surface area is 114 Å². The molecule has 0 fully saturated rings. The Morgan fingerprint density at radius 2 is 2.33 bits per heavy atom. The Morgan fingerprint density at radius 3 is 2.89 bits per heavy atom. The van der Waals surface area contributed by atoms with Gasteiger partial charge in [-0.05, 0) is 13.8 Å². The highest BCUT2D eigenvalue weighted by Gasteiger charge is 2.20. The first-order valence-corrected chi connectivity index (χ1v) is 6.71. The number of halogens is 1. The Balaban J connectivity index is 2.26. The highest BCUT2D eigenvalue weighted by atomic mass is 35.5. The second kappa shape index (κ2) is 5.07. The summed E-state index contributed by atoms with van der Waals surface area (Å²) in [5.74, 6) is -0.100. The topological polar surface area (TPSA) is 73.8 Å². The molecule has 0 aromatic carbocycles. The van der Waals surface area contributed by atoms with Crippen LogP contribution in [0, 0.1) is 0 Å². The molecule has 2 heterocycles. The van der Waals surface area contributed by atoms with Crippen LogP contribution in [-0.2, 0) is 6.42 Å². The summed E-state index contributed by atoms with van der Waals surface area (Å²) in [5, 5.41) is 6.71. The van der Waals surface area contributed by atoms with Crippen molar-refractivity contribution < 1.29 is 4.79 Å². The SMILES string of the molecule is CC(C)n1ncc(Cl)c1C(=O)Cc1csc(N)n1. The van der Waals surface area contributed by atoms with Crippen molar-refractivity contribution in [3.63, 3.8) is 0 Å². The molecule has 0 bridgehead atoms. The van der Waals surface area contributed by atoms with E-state index in [-0.39, 0.29) is 18.2 Å². The van der Waals surface area contributed by atoms with Gasteiger partial charge in [0.2, 0.25) is 0 Å². The summed E-state index contributed by atoms with van der Waals surface area (Å²) in [6, 6.07) is 0.0805. The summed E-state index contributed by atoms with van der Waals surface area (Å²) in [6.45, 7) is 3.89. The van der Waals surface area contributed by atoms with Gasteiger partial charge in [0.05, 0.1) is 23.3 Å². The van der Waals surface area contributed by atoms with E-state index in [1.807, 2.05) is 13.8 Å². The molecule has 0 amide bonds. The lowest BCUT2D eigenvalue weighted by Crippen LogP contribution is -2.15. The number of nitrogen functional groups attached to an aromatic ring is 1. The molecule has 96 valence electrons.